The van der Waals surface area contributed by atoms with Crippen LogP contribution in [-0.4, -0.2) is 30.5 Å². The molecule has 1 amide bonds. The number of amides is 1. The van der Waals surface area contributed by atoms with Crippen molar-refractivity contribution in [3.63, 3.8) is 0 Å². The average Bonchev–Trinajstić information content (AvgIpc) is 2.76. The number of likely N-dealkylation sites (N-methyl/N-ethyl adjacent to an activating group) is 1. The van der Waals surface area contributed by atoms with Gasteiger partial charge >= 0.3 is 0 Å². The highest BCUT2D eigenvalue weighted by atomic mass is 16.3. The maximum absolute atomic E-state index is 12.3. The molecule has 17 heavy (non-hydrogen) atoms. The summed E-state index contributed by atoms with van der Waals surface area (Å²) < 4.78 is 4.97. The Morgan fingerprint density at radius 3 is 2.94 bits per heavy atom. The molecule has 5 heteroatoms. The third-order valence-electron chi connectivity index (χ3n) is 3.30. The first-order valence-corrected chi connectivity index (χ1v) is 5.90. The highest BCUT2D eigenvalue weighted by molar-refractivity contribution is 5.96. The summed E-state index contributed by atoms with van der Waals surface area (Å²) in [7, 11) is 1.82. The van der Waals surface area contributed by atoms with Gasteiger partial charge in [-0.3, -0.25) is 9.69 Å². The van der Waals surface area contributed by atoms with E-state index < -0.39 is 0 Å². The van der Waals surface area contributed by atoms with Crippen LogP contribution in [0.15, 0.2) is 17.1 Å². The van der Waals surface area contributed by atoms with Gasteiger partial charge in [-0.25, -0.2) is 0 Å². The molecule has 1 fully saturated rings. The van der Waals surface area contributed by atoms with Gasteiger partial charge in [-0.05, 0) is 25.3 Å². The third kappa shape index (κ3) is 2.49. The van der Waals surface area contributed by atoms with Crippen molar-refractivity contribution in [1.29, 1.82) is 0 Å². The SMILES string of the molecule is CNC1CCC(C)(C)CN(c2cocn2)C1=O. The molecule has 1 atom stereocenters. The van der Waals surface area contributed by atoms with Crippen LogP contribution < -0.4 is 10.2 Å². The minimum absolute atomic E-state index is 0.0759. The normalized spacial score (nSPS) is 24.8. The van der Waals surface area contributed by atoms with Gasteiger partial charge in [0.25, 0.3) is 0 Å². The number of hydrogen-bond donors (Lipinski definition) is 1. The number of nitrogens with one attached hydrogen (secondary N) is 1. The topological polar surface area (TPSA) is 58.4 Å². The monoisotopic (exact) mass is 237 g/mol. The average molecular weight is 237 g/mol. The van der Waals surface area contributed by atoms with Crippen LogP contribution in [0.1, 0.15) is 26.7 Å². The lowest BCUT2D eigenvalue weighted by atomic mass is 9.87. The summed E-state index contributed by atoms with van der Waals surface area (Å²) in [6.07, 6.45) is 4.75. The van der Waals surface area contributed by atoms with Gasteiger partial charge in [0.2, 0.25) is 5.91 Å². The van der Waals surface area contributed by atoms with Gasteiger partial charge in [-0.15, -0.1) is 0 Å². The van der Waals surface area contributed by atoms with Crippen LogP contribution in [0.5, 0.6) is 0 Å². The van der Waals surface area contributed by atoms with Gasteiger partial charge in [0, 0.05) is 6.54 Å². The fourth-order valence-electron chi connectivity index (χ4n) is 2.23. The van der Waals surface area contributed by atoms with Crippen LogP contribution in [0.25, 0.3) is 0 Å². The molecule has 2 rings (SSSR count). The largest absolute Gasteiger partial charge is 0.449 e. The summed E-state index contributed by atoms with van der Waals surface area (Å²) >= 11 is 0. The first kappa shape index (κ1) is 12.1. The molecule has 0 saturated carbocycles. The van der Waals surface area contributed by atoms with E-state index in [-0.39, 0.29) is 17.4 Å². The van der Waals surface area contributed by atoms with E-state index in [0.717, 1.165) is 12.8 Å². The Labute approximate surface area is 101 Å². The molecular weight excluding hydrogens is 218 g/mol. The predicted octanol–water partition coefficient (Wildman–Crippen LogP) is 1.42. The van der Waals surface area contributed by atoms with Crippen LogP contribution in [0.4, 0.5) is 5.82 Å². The zero-order valence-electron chi connectivity index (χ0n) is 10.6. The molecule has 0 aromatic carbocycles. The van der Waals surface area contributed by atoms with Crippen molar-refractivity contribution in [2.45, 2.75) is 32.7 Å². The lowest BCUT2D eigenvalue weighted by Gasteiger charge is -2.28. The number of carbonyl (C=O) groups excluding carboxylic acids is 1. The number of nitrogens with zero attached hydrogens (tertiary/aromatic N) is 2. The molecule has 1 unspecified atom stereocenters. The predicted molar refractivity (Wildman–Crippen MR) is 64.7 cm³/mol. The molecule has 1 aliphatic heterocycles. The Kier molecular flexibility index (Phi) is 3.19. The summed E-state index contributed by atoms with van der Waals surface area (Å²) in [6, 6.07) is -0.131. The van der Waals surface area contributed by atoms with Gasteiger partial charge in [0.05, 0.1) is 6.04 Å². The van der Waals surface area contributed by atoms with E-state index in [2.05, 4.69) is 24.1 Å². The standard InChI is InChI=1S/C12H19N3O2/c1-12(2)5-4-9(13-3)11(16)15(7-12)10-6-17-8-14-10/h6,8-9,13H,4-5,7H2,1-3H3. The van der Waals surface area contributed by atoms with Crippen molar-refractivity contribution in [1.82, 2.24) is 10.3 Å². The van der Waals surface area contributed by atoms with E-state index in [1.165, 1.54) is 12.7 Å². The minimum atomic E-state index is -0.131. The zero-order valence-corrected chi connectivity index (χ0v) is 10.6. The molecule has 2 heterocycles. The maximum atomic E-state index is 12.3. The van der Waals surface area contributed by atoms with Crippen molar-refractivity contribution in [2.75, 3.05) is 18.5 Å². The van der Waals surface area contributed by atoms with E-state index >= 15 is 0 Å². The number of oxazole rings is 1. The molecule has 0 radical (unpaired) electrons. The van der Waals surface area contributed by atoms with E-state index in [1.54, 1.807) is 4.90 Å². The van der Waals surface area contributed by atoms with Crippen LogP contribution in [0.2, 0.25) is 0 Å². The van der Waals surface area contributed by atoms with Crippen LogP contribution in [0, 0.1) is 5.41 Å². The lowest BCUT2D eigenvalue weighted by molar-refractivity contribution is -0.120. The number of rotatable bonds is 2. The molecule has 1 N–H and O–H groups in total. The summed E-state index contributed by atoms with van der Waals surface area (Å²) in [4.78, 5) is 18.1. The van der Waals surface area contributed by atoms with E-state index in [4.69, 9.17) is 4.42 Å². The maximum Gasteiger partial charge on any atom is 0.245 e. The van der Waals surface area contributed by atoms with Crippen LogP contribution in [0.3, 0.4) is 0 Å². The smallest absolute Gasteiger partial charge is 0.245 e. The highest BCUT2D eigenvalue weighted by Crippen LogP contribution is 2.30. The molecule has 0 aliphatic carbocycles. The minimum Gasteiger partial charge on any atom is -0.449 e. The van der Waals surface area contributed by atoms with Crippen LogP contribution in [-0.2, 0) is 4.79 Å². The molecular formula is C12H19N3O2. The Hall–Kier alpha value is -1.36. The zero-order chi connectivity index (χ0) is 12.5. The summed E-state index contributed by atoms with van der Waals surface area (Å²) in [5, 5.41) is 3.07. The van der Waals surface area contributed by atoms with Gasteiger partial charge in [-0.1, -0.05) is 13.8 Å². The van der Waals surface area contributed by atoms with Crippen molar-refractivity contribution < 1.29 is 9.21 Å². The molecule has 94 valence electrons. The quantitative estimate of drug-likeness (QED) is 0.845. The van der Waals surface area contributed by atoms with Gasteiger partial charge < -0.3 is 9.73 Å². The fraction of sp³-hybridized carbons (Fsp3) is 0.667. The van der Waals surface area contributed by atoms with Crippen LogP contribution >= 0.6 is 0 Å². The first-order chi connectivity index (χ1) is 8.03. The van der Waals surface area contributed by atoms with E-state index in [1.807, 2.05) is 7.05 Å². The number of aromatic nitrogens is 1. The Morgan fingerprint density at radius 2 is 2.35 bits per heavy atom. The van der Waals surface area contributed by atoms with E-state index in [9.17, 15) is 4.79 Å². The summed E-state index contributed by atoms with van der Waals surface area (Å²) in [5.74, 6) is 0.678. The number of carbonyl (C=O) groups is 1. The Balaban J connectivity index is 2.29. The molecule has 1 aliphatic rings. The molecule has 1 aromatic rings. The molecule has 0 spiro atoms. The van der Waals surface area contributed by atoms with E-state index in [0.29, 0.717) is 12.4 Å². The Bertz CT molecular complexity index is 386. The lowest BCUT2D eigenvalue weighted by Crippen LogP contribution is -2.45. The highest BCUT2D eigenvalue weighted by Gasteiger charge is 2.35. The van der Waals surface area contributed by atoms with Crippen molar-refractivity contribution in [3.8, 4) is 0 Å². The second kappa shape index (κ2) is 4.49. The second-order valence-corrected chi connectivity index (χ2v) is 5.32. The Morgan fingerprint density at radius 1 is 1.59 bits per heavy atom. The first-order valence-electron chi connectivity index (χ1n) is 5.90. The van der Waals surface area contributed by atoms with Crippen molar-refractivity contribution >= 4 is 11.7 Å². The molecule has 1 aromatic heterocycles. The molecule has 0 bridgehead atoms. The van der Waals surface area contributed by atoms with Crippen molar-refractivity contribution in [2.24, 2.45) is 5.41 Å². The molecule has 5 nitrogen and oxygen atoms in total. The fourth-order valence-corrected chi connectivity index (χ4v) is 2.23. The van der Waals surface area contributed by atoms with Gasteiger partial charge in [-0.2, -0.15) is 4.98 Å². The van der Waals surface area contributed by atoms with Crippen molar-refractivity contribution in [3.05, 3.63) is 12.7 Å². The third-order valence-corrected chi connectivity index (χ3v) is 3.30. The van der Waals surface area contributed by atoms with Gasteiger partial charge in [0.1, 0.15) is 6.26 Å². The summed E-state index contributed by atoms with van der Waals surface area (Å²) in [6.45, 7) is 5.02. The summed E-state index contributed by atoms with van der Waals surface area (Å²) in [5.41, 5.74) is 0.0974. The van der Waals surface area contributed by atoms with Gasteiger partial charge in [0.15, 0.2) is 12.2 Å². The molecule has 1 saturated heterocycles. The second-order valence-electron chi connectivity index (χ2n) is 5.32. The number of anilines is 1. The number of hydrogen-bond acceptors (Lipinski definition) is 4.